The molecule has 0 bridgehead atoms. The van der Waals surface area contributed by atoms with Gasteiger partial charge in [-0.25, -0.2) is 0 Å². The van der Waals surface area contributed by atoms with Crippen LogP contribution in [0.4, 0.5) is 5.69 Å². The number of rotatable bonds is 13. The Morgan fingerprint density at radius 1 is 1.03 bits per heavy atom. The number of benzene rings is 1. The molecule has 1 heterocycles. The number of amides is 3. The number of anilines is 1. The molecule has 38 heavy (non-hydrogen) atoms. The van der Waals surface area contributed by atoms with Crippen LogP contribution in [0.5, 0.6) is 0 Å². The molecule has 1 aromatic heterocycles. The number of nitrogens with zero attached hydrogens (tertiary/aromatic N) is 2. The minimum absolute atomic E-state index is 0.0129. The van der Waals surface area contributed by atoms with Crippen LogP contribution in [0.2, 0.25) is 0 Å². The molecule has 3 N–H and O–H groups in total. The van der Waals surface area contributed by atoms with E-state index in [1.807, 2.05) is 38.1 Å². The summed E-state index contributed by atoms with van der Waals surface area (Å²) in [7, 11) is 0. The molecule has 3 rings (SSSR count). The van der Waals surface area contributed by atoms with Gasteiger partial charge in [-0.3, -0.25) is 19.2 Å². The lowest BCUT2D eigenvalue weighted by atomic mass is 9.85. The number of hydrogen-bond donors (Lipinski definition) is 3. The average Bonchev–Trinajstić information content (AvgIpc) is 3.35. The SMILES string of the molecule is CCN(C(=O)Cn1cccc1C(=O)NC1CCC(C(=O)NCCCCCC(=O)O)CC1)c1cccc(C)c1. The van der Waals surface area contributed by atoms with Gasteiger partial charge in [-0.1, -0.05) is 18.6 Å². The van der Waals surface area contributed by atoms with Crippen molar-refractivity contribution in [3.8, 4) is 0 Å². The van der Waals surface area contributed by atoms with Crippen molar-refractivity contribution < 1.29 is 24.3 Å². The smallest absolute Gasteiger partial charge is 0.303 e. The zero-order chi connectivity index (χ0) is 27.5. The fourth-order valence-electron chi connectivity index (χ4n) is 4.98. The van der Waals surface area contributed by atoms with Crippen LogP contribution in [0.1, 0.15) is 74.3 Å². The normalized spacial score (nSPS) is 17.0. The summed E-state index contributed by atoms with van der Waals surface area (Å²) in [5.74, 6) is -1.12. The zero-order valence-electron chi connectivity index (χ0n) is 22.4. The number of aryl methyl sites for hydroxylation is 1. The summed E-state index contributed by atoms with van der Waals surface area (Å²) in [5.41, 5.74) is 2.37. The molecule has 1 fully saturated rings. The second-order valence-corrected chi connectivity index (χ2v) is 10.0. The Kier molecular flexibility index (Phi) is 10.9. The van der Waals surface area contributed by atoms with Crippen LogP contribution in [-0.2, 0) is 20.9 Å². The number of hydrogen-bond acceptors (Lipinski definition) is 4. The van der Waals surface area contributed by atoms with E-state index in [-0.39, 0.29) is 42.6 Å². The van der Waals surface area contributed by atoms with Gasteiger partial charge in [0, 0.05) is 43.4 Å². The molecule has 0 atom stereocenters. The number of carbonyl (C=O) groups excluding carboxylic acids is 3. The molecule has 9 heteroatoms. The quantitative estimate of drug-likeness (QED) is 0.343. The Bertz CT molecular complexity index is 1100. The van der Waals surface area contributed by atoms with Gasteiger partial charge in [0.1, 0.15) is 12.2 Å². The summed E-state index contributed by atoms with van der Waals surface area (Å²) in [5, 5.41) is 14.7. The molecule has 1 aliphatic carbocycles. The fourth-order valence-corrected chi connectivity index (χ4v) is 4.98. The molecule has 9 nitrogen and oxygen atoms in total. The standard InChI is InChI=1S/C29H40N4O5/c1-3-33(24-10-7-9-21(2)19-24)26(34)20-32-18-8-11-25(32)29(38)31-23-15-13-22(14-16-23)28(37)30-17-6-4-5-12-27(35)36/h7-11,18-19,22-23H,3-6,12-17,20H2,1-2H3,(H,30,37)(H,31,38)(H,35,36). The third-order valence-electron chi connectivity index (χ3n) is 7.10. The van der Waals surface area contributed by atoms with E-state index >= 15 is 0 Å². The first kappa shape index (κ1) is 28.9. The molecular weight excluding hydrogens is 484 g/mol. The lowest BCUT2D eigenvalue weighted by molar-refractivity contribution is -0.137. The van der Waals surface area contributed by atoms with E-state index < -0.39 is 5.97 Å². The van der Waals surface area contributed by atoms with Gasteiger partial charge in [-0.05, 0) is 82.2 Å². The molecule has 1 aromatic carbocycles. The van der Waals surface area contributed by atoms with Crippen LogP contribution in [-0.4, -0.2) is 52.5 Å². The van der Waals surface area contributed by atoms with Crippen LogP contribution in [0.25, 0.3) is 0 Å². The van der Waals surface area contributed by atoms with Crippen LogP contribution < -0.4 is 15.5 Å². The minimum Gasteiger partial charge on any atom is -0.481 e. The highest BCUT2D eigenvalue weighted by molar-refractivity contribution is 5.96. The van der Waals surface area contributed by atoms with Gasteiger partial charge in [-0.2, -0.15) is 0 Å². The maximum absolute atomic E-state index is 13.1. The van der Waals surface area contributed by atoms with E-state index in [1.165, 1.54) is 0 Å². The largest absolute Gasteiger partial charge is 0.481 e. The van der Waals surface area contributed by atoms with E-state index in [2.05, 4.69) is 10.6 Å². The van der Waals surface area contributed by atoms with Crippen LogP contribution in [0.3, 0.4) is 0 Å². The number of carbonyl (C=O) groups is 4. The Hall–Kier alpha value is -3.62. The fraction of sp³-hybridized carbons (Fsp3) is 0.517. The van der Waals surface area contributed by atoms with Crippen molar-refractivity contribution in [3.63, 3.8) is 0 Å². The van der Waals surface area contributed by atoms with E-state index in [0.717, 1.165) is 36.9 Å². The number of carboxylic acids is 1. The van der Waals surface area contributed by atoms with Crippen molar-refractivity contribution in [1.82, 2.24) is 15.2 Å². The van der Waals surface area contributed by atoms with Crippen LogP contribution in [0, 0.1) is 12.8 Å². The summed E-state index contributed by atoms with van der Waals surface area (Å²) >= 11 is 0. The minimum atomic E-state index is -0.791. The summed E-state index contributed by atoms with van der Waals surface area (Å²) in [6.45, 7) is 5.09. The summed E-state index contributed by atoms with van der Waals surface area (Å²) in [4.78, 5) is 50.9. The third-order valence-corrected chi connectivity index (χ3v) is 7.10. The van der Waals surface area contributed by atoms with Crippen molar-refractivity contribution in [2.75, 3.05) is 18.0 Å². The molecule has 0 spiro atoms. The first-order valence-corrected chi connectivity index (χ1v) is 13.6. The predicted octanol–water partition coefficient (Wildman–Crippen LogP) is 3.90. The second-order valence-electron chi connectivity index (χ2n) is 10.0. The van der Waals surface area contributed by atoms with Gasteiger partial charge in [0.05, 0.1) is 0 Å². The number of likely N-dealkylation sites (N-methyl/N-ethyl adjacent to an activating group) is 1. The number of carboxylic acid groups (broad SMARTS) is 1. The highest BCUT2D eigenvalue weighted by Gasteiger charge is 2.28. The van der Waals surface area contributed by atoms with E-state index in [4.69, 9.17) is 5.11 Å². The number of aliphatic carboxylic acids is 1. The summed E-state index contributed by atoms with van der Waals surface area (Å²) in [6, 6.07) is 11.3. The number of aromatic nitrogens is 1. The maximum Gasteiger partial charge on any atom is 0.303 e. The average molecular weight is 525 g/mol. The van der Waals surface area contributed by atoms with Gasteiger partial charge in [0.15, 0.2) is 0 Å². The van der Waals surface area contributed by atoms with Crippen molar-refractivity contribution in [3.05, 3.63) is 53.9 Å². The number of unbranched alkanes of at least 4 members (excludes halogenated alkanes) is 2. The van der Waals surface area contributed by atoms with Gasteiger partial charge in [0.2, 0.25) is 11.8 Å². The molecule has 2 aromatic rings. The maximum atomic E-state index is 13.1. The first-order chi connectivity index (χ1) is 18.3. The lowest BCUT2D eigenvalue weighted by Crippen LogP contribution is -2.42. The lowest BCUT2D eigenvalue weighted by Gasteiger charge is -2.28. The van der Waals surface area contributed by atoms with E-state index in [1.54, 1.807) is 27.8 Å². The summed E-state index contributed by atoms with van der Waals surface area (Å²) < 4.78 is 1.69. The van der Waals surface area contributed by atoms with E-state index in [0.29, 0.717) is 38.0 Å². The Labute approximate surface area is 224 Å². The molecule has 0 unspecified atom stereocenters. The second kappa shape index (κ2) is 14.4. The predicted molar refractivity (Wildman–Crippen MR) is 146 cm³/mol. The molecular formula is C29H40N4O5. The highest BCUT2D eigenvalue weighted by atomic mass is 16.4. The molecule has 3 amide bonds. The van der Waals surface area contributed by atoms with E-state index in [9.17, 15) is 19.2 Å². The monoisotopic (exact) mass is 524 g/mol. The molecule has 1 saturated carbocycles. The van der Waals surface area contributed by atoms with Gasteiger partial charge in [0.25, 0.3) is 5.91 Å². The highest BCUT2D eigenvalue weighted by Crippen LogP contribution is 2.25. The molecule has 0 saturated heterocycles. The third kappa shape index (κ3) is 8.46. The number of nitrogens with one attached hydrogen (secondary N) is 2. The van der Waals surface area contributed by atoms with Gasteiger partial charge < -0.3 is 25.2 Å². The molecule has 0 radical (unpaired) electrons. The summed E-state index contributed by atoms with van der Waals surface area (Å²) in [6.07, 6.45) is 6.94. The van der Waals surface area contributed by atoms with Crippen LogP contribution >= 0.6 is 0 Å². The Balaban J connectivity index is 1.45. The van der Waals surface area contributed by atoms with Gasteiger partial charge in [-0.15, -0.1) is 0 Å². The Morgan fingerprint density at radius 3 is 2.47 bits per heavy atom. The van der Waals surface area contributed by atoms with Crippen molar-refractivity contribution in [2.45, 2.75) is 77.8 Å². The zero-order valence-corrected chi connectivity index (χ0v) is 22.4. The van der Waals surface area contributed by atoms with Crippen molar-refractivity contribution >= 4 is 29.4 Å². The topological polar surface area (TPSA) is 121 Å². The van der Waals surface area contributed by atoms with Gasteiger partial charge >= 0.3 is 5.97 Å². The van der Waals surface area contributed by atoms with Crippen molar-refractivity contribution in [2.24, 2.45) is 5.92 Å². The molecule has 0 aliphatic heterocycles. The first-order valence-electron chi connectivity index (χ1n) is 13.6. The Morgan fingerprint density at radius 2 is 1.79 bits per heavy atom. The molecule has 1 aliphatic rings. The van der Waals surface area contributed by atoms with Crippen molar-refractivity contribution in [1.29, 1.82) is 0 Å². The molecule has 206 valence electrons. The van der Waals surface area contributed by atoms with Crippen LogP contribution in [0.15, 0.2) is 42.6 Å².